The summed E-state index contributed by atoms with van der Waals surface area (Å²) in [4.78, 5) is 0. The summed E-state index contributed by atoms with van der Waals surface area (Å²) >= 11 is 8.01. The van der Waals surface area contributed by atoms with Crippen LogP contribution in [0.1, 0.15) is 25.8 Å². The molecule has 0 radical (unpaired) electrons. The Labute approximate surface area is 157 Å². The highest BCUT2D eigenvalue weighted by atomic mass is 35.5. The van der Waals surface area contributed by atoms with E-state index in [0.717, 1.165) is 36.0 Å². The molecule has 2 N–H and O–H groups in total. The topological polar surface area (TPSA) is 78.7 Å². The summed E-state index contributed by atoms with van der Waals surface area (Å²) < 4.78 is 12.9. The minimum absolute atomic E-state index is 0.559. The Balaban J connectivity index is 1.79. The second-order valence-corrected chi connectivity index (χ2v) is 6.81. The number of nitrogens with zero attached hydrogens (tertiary/aromatic N) is 4. The van der Waals surface area contributed by atoms with E-state index < -0.39 is 0 Å². The highest BCUT2D eigenvalue weighted by Crippen LogP contribution is 2.36. The van der Waals surface area contributed by atoms with Gasteiger partial charge in [-0.3, -0.25) is 0 Å². The molecule has 0 saturated carbocycles. The van der Waals surface area contributed by atoms with Crippen molar-refractivity contribution in [3.63, 3.8) is 0 Å². The number of halogens is 1. The number of quaternary nitrogens is 1. The molecule has 2 rings (SSSR count). The van der Waals surface area contributed by atoms with Gasteiger partial charge in [0.25, 0.3) is 0 Å². The fraction of sp³-hybridized carbons (Fsp3) is 0.562. The normalized spacial score (nSPS) is 10.9. The van der Waals surface area contributed by atoms with Gasteiger partial charge in [0.1, 0.15) is 6.54 Å². The van der Waals surface area contributed by atoms with Crippen LogP contribution < -0.4 is 14.8 Å². The maximum absolute atomic E-state index is 6.34. The third kappa shape index (κ3) is 6.05. The van der Waals surface area contributed by atoms with Crippen LogP contribution in [0.2, 0.25) is 5.02 Å². The zero-order valence-corrected chi connectivity index (χ0v) is 16.4. The van der Waals surface area contributed by atoms with E-state index in [9.17, 15) is 0 Å². The Morgan fingerprint density at radius 1 is 1.24 bits per heavy atom. The van der Waals surface area contributed by atoms with Crippen LogP contribution in [0.4, 0.5) is 0 Å². The van der Waals surface area contributed by atoms with Gasteiger partial charge in [0.05, 0.1) is 24.8 Å². The fourth-order valence-electron chi connectivity index (χ4n) is 2.29. The van der Waals surface area contributed by atoms with E-state index in [1.807, 2.05) is 33.0 Å². The lowest BCUT2D eigenvalue weighted by atomic mass is 10.2. The van der Waals surface area contributed by atoms with Crippen molar-refractivity contribution < 1.29 is 14.8 Å². The molecule has 0 bridgehead atoms. The Hall–Kier alpha value is -1.51. The van der Waals surface area contributed by atoms with Gasteiger partial charge in [-0.1, -0.05) is 23.4 Å². The molecule has 0 fully saturated rings. The van der Waals surface area contributed by atoms with E-state index in [1.54, 1.807) is 16.4 Å². The number of benzene rings is 1. The van der Waals surface area contributed by atoms with Crippen molar-refractivity contribution in [2.24, 2.45) is 7.05 Å². The quantitative estimate of drug-likeness (QED) is 0.469. The zero-order chi connectivity index (χ0) is 18.1. The summed E-state index contributed by atoms with van der Waals surface area (Å²) in [6.45, 7) is 6.90. The monoisotopic (exact) mass is 386 g/mol. The Morgan fingerprint density at radius 3 is 2.72 bits per heavy atom. The van der Waals surface area contributed by atoms with Crippen molar-refractivity contribution in [1.29, 1.82) is 0 Å². The lowest BCUT2D eigenvalue weighted by molar-refractivity contribution is -0.670. The number of tetrazole rings is 1. The molecule has 0 atom stereocenters. The standard InChI is InChI=1S/C16H24ClN5O2S/c1-4-23-14-10-12(9-13(17)15(14)24-5-2)11-18-7-6-8-25-16-19-20-21-22(16)3/h9-10,18H,4-8,11H2,1-3H3/p+1. The van der Waals surface area contributed by atoms with Crippen LogP contribution in [-0.4, -0.2) is 45.7 Å². The molecule has 138 valence electrons. The number of hydrogen-bond acceptors (Lipinski definition) is 6. The molecule has 0 spiro atoms. The van der Waals surface area contributed by atoms with E-state index >= 15 is 0 Å². The van der Waals surface area contributed by atoms with Gasteiger partial charge in [0.2, 0.25) is 5.16 Å². The molecule has 0 aliphatic rings. The van der Waals surface area contributed by atoms with Gasteiger partial charge in [0.15, 0.2) is 11.5 Å². The lowest BCUT2D eigenvalue weighted by Crippen LogP contribution is -2.82. The number of aromatic nitrogens is 4. The second kappa shape index (κ2) is 10.5. The van der Waals surface area contributed by atoms with Crippen LogP contribution in [0.3, 0.4) is 0 Å². The van der Waals surface area contributed by atoms with Gasteiger partial charge in [0, 0.05) is 24.8 Å². The second-order valence-electron chi connectivity index (χ2n) is 5.34. The van der Waals surface area contributed by atoms with E-state index in [2.05, 4.69) is 20.8 Å². The van der Waals surface area contributed by atoms with Crippen molar-refractivity contribution >= 4 is 23.4 Å². The van der Waals surface area contributed by atoms with Gasteiger partial charge >= 0.3 is 0 Å². The lowest BCUT2D eigenvalue weighted by Gasteiger charge is -2.14. The molecule has 7 nitrogen and oxygen atoms in total. The molecule has 0 saturated heterocycles. The van der Waals surface area contributed by atoms with Gasteiger partial charge in [-0.05, 0) is 36.4 Å². The van der Waals surface area contributed by atoms with Crippen LogP contribution >= 0.6 is 23.4 Å². The number of rotatable bonds is 11. The average Bonchev–Trinajstić information content (AvgIpc) is 2.99. The molecule has 25 heavy (non-hydrogen) atoms. The minimum Gasteiger partial charge on any atom is -0.490 e. The summed E-state index contributed by atoms with van der Waals surface area (Å²) in [6.07, 6.45) is 1.07. The van der Waals surface area contributed by atoms with Crippen LogP contribution in [0.15, 0.2) is 17.3 Å². The molecule has 1 aromatic heterocycles. The van der Waals surface area contributed by atoms with Crippen molar-refractivity contribution in [3.8, 4) is 11.5 Å². The molecular weight excluding hydrogens is 362 g/mol. The number of nitrogens with two attached hydrogens (primary N) is 1. The third-order valence-electron chi connectivity index (χ3n) is 3.40. The first kappa shape index (κ1) is 19.8. The maximum Gasteiger partial charge on any atom is 0.209 e. The predicted octanol–water partition coefficient (Wildman–Crippen LogP) is 1.91. The average molecular weight is 387 g/mol. The minimum atomic E-state index is 0.559. The first-order valence-corrected chi connectivity index (χ1v) is 9.76. The molecule has 9 heteroatoms. The van der Waals surface area contributed by atoms with Gasteiger partial charge in [-0.15, -0.1) is 5.10 Å². The van der Waals surface area contributed by atoms with E-state index in [4.69, 9.17) is 21.1 Å². The smallest absolute Gasteiger partial charge is 0.209 e. The number of ether oxygens (including phenoxy) is 2. The summed E-state index contributed by atoms with van der Waals surface area (Å²) in [5, 5.41) is 15.1. The van der Waals surface area contributed by atoms with Crippen LogP contribution in [0.5, 0.6) is 11.5 Å². The van der Waals surface area contributed by atoms with Crippen LogP contribution in [-0.2, 0) is 13.6 Å². The highest BCUT2D eigenvalue weighted by molar-refractivity contribution is 7.99. The van der Waals surface area contributed by atoms with Crippen molar-refractivity contribution in [2.75, 3.05) is 25.5 Å². The highest BCUT2D eigenvalue weighted by Gasteiger charge is 2.13. The Bertz CT molecular complexity index is 668. The Kier molecular flexibility index (Phi) is 8.30. The number of thioether (sulfide) groups is 1. The molecular formula is C16H25ClN5O2S+. The molecule has 0 aliphatic heterocycles. The predicted molar refractivity (Wildman–Crippen MR) is 98.4 cm³/mol. The van der Waals surface area contributed by atoms with Crippen LogP contribution in [0.25, 0.3) is 0 Å². The maximum atomic E-state index is 6.34. The Morgan fingerprint density at radius 2 is 2.04 bits per heavy atom. The van der Waals surface area contributed by atoms with E-state index in [1.165, 1.54) is 0 Å². The molecule has 1 aromatic carbocycles. The summed E-state index contributed by atoms with van der Waals surface area (Å²) in [5.41, 5.74) is 1.13. The van der Waals surface area contributed by atoms with Crippen molar-refractivity contribution in [1.82, 2.24) is 20.2 Å². The number of hydrogen-bond donors (Lipinski definition) is 1. The SMILES string of the molecule is CCOc1cc(C[NH2+]CCCSc2nnnn2C)cc(Cl)c1OCC. The van der Waals surface area contributed by atoms with Crippen LogP contribution in [0, 0.1) is 0 Å². The summed E-state index contributed by atoms with van der Waals surface area (Å²) in [7, 11) is 1.85. The van der Waals surface area contributed by atoms with E-state index in [0.29, 0.717) is 29.7 Å². The van der Waals surface area contributed by atoms with Crippen molar-refractivity contribution in [3.05, 3.63) is 22.7 Å². The third-order valence-corrected chi connectivity index (χ3v) is 4.78. The zero-order valence-electron chi connectivity index (χ0n) is 14.9. The van der Waals surface area contributed by atoms with Gasteiger partial charge in [-0.25, -0.2) is 4.68 Å². The first-order valence-electron chi connectivity index (χ1n) is 8.40. The molecule has 0 unspecified atom stereocenters. The van der Waals surface area contributed by atoms with Gasteiger partial charge < -0.3 is 14.8 Å². The molecule has 2 aromatic rings. The van der Waals surface area contributed by atoms with E-state index in [-0.39, 0.29) is 0 Å². The first-order chi connectivity index (χ1) is 12.2. The largest absolute Gasteiger partial charge is 0.490 e. The summed E-state index contributed by atoms with van der Waals surface area (Å²) in [6, 6.07) is 3.96. The molecule has 1 heterocycles. The number of aryl methyl sites for hydroxylation is 1. The summed E-state index contributed by atoms with van der Waals surface area (Å²) in [5.74, 6) is 2.33. The fourth-order valence-corrected chi connectivity index (χ4v) is 3.39. The van der Waals surface area contributed by atoms with Crippen molar-refractivity contribution in [2.45, 2.75) is 32.0 Å². The molecule has 0 amide bonds. The van der Waals surface area contributed by atoms with Gasteiger partial charge in [-0.2, -0.15) is 0 Å². The molecule has 0 aliphatic carbocycles.